The third kappa shape index (κ3) is 9.19. The summed E-state index contributed by atoms with van der Waals surface area (Å²) in [4.78, 5) is 7.16. The summed E-state index contributed by atoms with van der Waals surface area (Å²) < 4.78 is 5.38. The number of aryl methyl sites for hydroxylation is 2. The second-order valence-corrected chi connectivity index (χ2v) is 6.74. The van der Waals surface area contributed by atoms with Crippen molar-refractivity contribution in [3.63, 3.8) is 0 Å². The number of hydrogen-bond acceptors (Lipinski definition) is 3. The summed E-state index contributed by atoms with van der Waals surface area (Å²) in [7, 11) is 0. The van der Waals surface area contributed by atoms with Gasteiger partial charge in [0.1, 0.15) is 0 Å². The van der Waals surface area contributed by atoms with Gasteiger partial charge < -0.3 is 15.4 Å². The molecule has 0 saturated carbocycles. The second-order valence-electron chi connectivity index (χ2n) is 6.74. The summed E-state index contributed by atoms with van der Waals surface area (Å²) in [6.07, 6.45) is 2.11. The van der Waals surface area contributed by atoms with Crippen LogP contribution in [0.2, 0.25) is 0 Å². The maximum Gasteiger partial charge on any atom is 0.191 e. The fourth-order valence-electron chi connectivity index (χ4n) is 3.19. The van der Waals surface area contributed by atoms with Gasteiger partial charge in [0.05, 0.1) is 13.2 Å². The lowest BCUT2D eigenvalue weighted by Gasteiger charge is -2.26. The fourth-order valence-corrected chi connectivity index (χ4v) is 3.19. The van der Waals surface area contributed by atoms with Crippen molar-refractivity contribution in [2.24, 2.45) is 4.99 Å². The van der Waals surface area contributed by atoms with Crippen LogP contribution in [0.1, 0.15) is 30.0 Å². The van der Waals surface area contributed by atoms with E-state index in [-0.39, 0.29) is 24.0 Å². The molecule has 0 atom stereocenters. The molecule has 1 aromatic carbocycles. The van der Waals surface area contributed by atoms with Gasteiger partial charge >= 0.3 is 0 Å². The number of hydrogen-bond donors (Lipinski definition) is 2. The van der Waals surface area contributed by atoms with Gasteiger partial charge in [-0.05, 0) is 39.2 Å². The molecule has 1 saturated heterocycles. The number of guanidine groups is 1. The number of nitrogens with one attached hydrogen (secondary N) is 2. The van der Waals surface area contributed by atoms with Crippen molar-refractivity contribution < 1.29 is 4.74 Å². The van der Waals surface area contributed by atoms with Crippen molar-refractivity contribution >= 4 is 29.9 Å². The minimum absolute atomic E-state index is 0. The lowest BCUT2D eigenvalue weighted by atomic mass is 10.1. The molecule has 2 N–H and O–H groups in total. The SMILES string of the molecule is CCNC(=NCCCN1CCOCC1)NCCc1cc(C)cc(C)c1.I. The standard InChI is InChI=1S/C20H34N4O.HI/c1-4-21-20(22-7-5-9-24-10-12-25-13-11-24)23-8-6-19-15-17(2)14-18(3)16-19;/h14-16H,4-13H2,1-3H3,(H2,21,22,23);1H. The number of benzene rings is 1. The van der Waals surface area contributed by atoms with Gasteiger partial charge in [0.25, 0.3) is 0 Å². The first-order valence-electron chi connectivity index (χ1n) is 9.57. The molecule has 0 aliphatic carbocycles. The molecular formula is C20H35IN4O. The molecule has 6 heteroatoms. The predicted molar refractivity (Wildman–Crippen MR) is 121 cm³/mol. The first-order chi connectivity index (χ1) is 12.2. The van der Waals surface area contributed by atoms with Crippen LogP contribution in [0, 0.1) is 13.8 Å². The topological polar surface area (TPSA) is 48.9 Å². The van der Waals surface area contributed by atoms with Crippen LogP contribution in [0.4, 0.5) is 0 Å². The Bertz CT molecular complexity index is 524. The van der Waals surface area contributed by atoms with Gasteiger partial charge in [0.2, 0.25) is 0 Å². The van der Waals surface area contributed by atoms with Crippen molar-refractivity contribution in [2.45, 2.75) is 33.6 Å². The Kier molecular flexibility index (Phi) is 11.9. The molecule has 148 valence electrons. The van der Waals surface area contributed by atoms with Crippen LogP contribution in [0.15, 0.2) is 23.2 Å². The molecule has 0 unspecified atom stereocenters. The average Bonchev–Trinajstić information content (AvgIpc) is 2.59. The van der Waals surface area contributed by atoms with E-state index < -0.39 is 0 Å². The van der Waals surface area contributed by atoms with Crippen molar-refractivity contribution in [2.75, 3.05) is 52.5 Å². The van der Waals surface area contributed by atoms with E-state index in [1.165, 1.54) is 16.7 Å². The number of morpholine rings is 1. The smallest absolute Gasteiger partial charge is 0.191 e. The molecule has 26 heavy (non-hydrogen) atoms. The maximum absolute atomic E-state index is 5.38. The van der Waals surface area contributed by atoms with Crippen molar-refractivity contribution in [3.8, 4) is 0 Å². The molecule has 0 aromatic heterocycles. The minimum Gasteiger partial charge on any atom is -0.379 e. The van der Waals surface area contributed by atoms with Gasteiger partial charge in [-0.25, -0.2) is 0 Å². The Hall–Kier alpha value is -0.860. The zero-order valence-corrected chi connectivity index (χ0v) is 18.8. The molecule has 0 radical (unpaired) electrons. The second kappa shape index (κ2) is 13.3. The lowest BCUT2D eigenvalue weighted by molar-refractivity contribution is 0.0377. The highest BCUT2D eigenvalue weighted by Crippen LogP contribution is 2.09. The molecule has 1 aliphatic rings. The van der Waals surface area contributed by atoms with E-state index >= 15 is 0 Å². The average molecular weight is 474 g/mol. The molecule has 0 spiro atoms. The van der Waals surface area contributed by atoms with Crippen LogP contribution < -0.4 is 10.6 Å². The third-order valence-corrected chi connectivity index (χ3v) is 4.34. The molecule has 1 fully saturated rings. The molecule has 1 heterocycles. The summed E-state index contributed by atoms with van der Waals surface area (Å²) in [6.45, 7) is 14.0. The molecule has 1 aliphatic heterocycles. The first kappa shape index (κ1) is 23.2. The Morgan fingerprint density at radius 3 is 2.46 bits per heavy atom. The van der Waals surface area contributed by atoms with Crippen LogP contribution in [-0.4, -0.2) is 63.3 Å². The van der Waals surface area contributed by atoms with E-state index in [0.717, 1.165) is 71.3 Å². The first-order valence-corrected chi connectivity index (χ1v) is 9.57. The molecule has 1 aromatic rings. The summed E-state index contributed by atoms with van der Waals surface area (Å²) in [6, 6.07) is 6.75. The van der Waals surface area contributed by atoms with E-state index in [2.05, 4.69) is 54.5 Å². The molecule has 0 bridgehead atoms. The highest BCUT2D eigenvalue weighted by Gasteiger charge is 2.09. The fraction of sp³-hybridized carbons (Fsp3) is 0.650. The molecule has 5 nitrogen and oxygen atoms in total. The Morgan fingerprint density at radius 2 is 1.81 bits per heavy atom. The number of aliphatic imine (C=N–C) groups is 1. The zero-order chi connectivity index (χ0) is 17.9. The largest absolute Gasteiger partial charge is 0.379 e. The van der Waals surface area contributed by atoms with Gasteiger partial charge in [0.15, 0.2) is 5.96 Å². The molecule has 0 amide bonds. The van der Waals surface area contributed by atoms with E-state index in [1.807, 2.05) is 0 Å². The van der Waals surface area contributed by atoms with E-state index in [1.54, 1.807) is 0 Å². The van der Waals surface area contributed by atoms with Crippen molar-refractivity contribution in [1.82, 2.24) is 15.5 Å². The van der Waals surface area contributed by atoms with E-state index in [4.69, 9.17) is 9.73 Å². The maximum atomic E-state index is 5.38. The van der Waals surface area contributed by atoms with Crippen LogP contribution in [0.5, 0.6) is 0 Å². The van der Waals surface area contributed by atoms with Crippen LogP contribution in [0.3, 0.4) is 0 Å². The minimum atomic E-state index is 0. The summed E-state index contributed by atoms with van der Waals surface area (Å²) >= 11 is 0. The lowest BCUT2D eigenvalue weighted by Crippen LogP contribution is -2.39. The van der Waals surface area contributed by atoms with E-state index in [9.17, 15) is 0 Å². The molecular weight excluding hydrogens is 439 g/mol. The van der Waals surface area contributed by atoms with Crippen LogP contribution >= 0.6 is 24.0 Å². The molecule has 2 rings (SSSR count). The van der Waals surface area contributed by atoms with Gasteiger partial charge in [0, 0.05) is 39.3 Å². The van der Waals surface area contributed by atoms with Crippen LogP contribution in [-0.2, 0) is 11.2 Å². The Morgan fingerprint density at radius 1 is 1.12 bits per heavy atom. The summed E-state index contributed by atoms with van der Waals surface area (Å²) in [5.41, 5.74) is 4.05. The van der Waals surface area contributed by atoms with Gasteiger partial charge in [-0.15, -0.1) is 24.0 Å². The quantitative estimate of drug-likeness (QED) is 0.263. The Balaban J connectivity index is 0.00000338. The number of nitrogens with zero attached hydrogens (tertiary/aromatic N) is 2. The number of halogens is 1. The highest BCUT2D eigenvalue weighted by atomic mass is 127. The number of ether oxygens (including phenoxy) is 1. The number of rotatable bonds is 8. The highest BCUT2D eigenvalue weighted by molar-refractivity contribution is 14.0. The predicted octanol–water partition coefficient (Wildman–Crippen LogP) is 2.74. The van der Waals surface area contributed by atoms with Crippen LogP contribution in [0.25, 0.3) is 0 Å². The monoisotopic (exact) mass is 474 g/mol. The van der Waals surface area contributed by atoms with Gasteiger partial charge in [-0.2, -0.15) is 0 Å². The normalized spacial score (nSPS) is 15.4. The zero-order valence-electron chi connectivity index (χ0n) is 16.5. The van der Waals surface area contributed by atoms with Crippen molar-refractivity contribution in [3.05, 3.63) is 34.9 Å². The third-order valence-electron chi connectivity index (χ3n) is 4.34. The Labute approximate surface area is 176 Å². The van der Waals surface area contributed by atoms with Gasteiger partial charge in [-0.1, -0.05) is 29.3 Å². The van der Waals surface area contributed by atoms with Crippen molar-refractivity contribution in [1.29, 1.82) is 0 Å². The van der Waals surface area contributed by atoms with E-state index in [0.29, 0.717) is 0 Å². The summed E-state index contributed by atoms with van der Waals surface area (Å²) in [5.74, 6) is 0.925. The van der Waals surface area contributed by atoms with Gasteiger partial charge in [-0.3, -0.25) is 9.89 Å². The summed E-state index contributed by atoms with van der Waals surface area (Å²) in [5, 5.41) is 6.79.